The fourth-order valence-electron chi connectivity index (χ4n) is 4.46. The van der Waals surface area contributed by atoms with Gasteiger partial charge in [0.1, 0.15) is 17.4 Å². The summed E-state index contributed by atoms with van der Waals surface area (Å²) in [6.45, 7) is 4.08. The highest BCUT2D eigenvalue weighted by Crippen LogP contribution is 2.30. The zero-order chi connectivity index (χ0) is 28.8. The number of urea groups is 1. The monoisotopic (exact) mass is 543 g/mol. The summed E-state index contributed by atoms with van der Waals surface area (Å²) in [5.74, 6) is 0.378. The van der Waals surface area contributed by atoms with Crippen LogP contribution in [0.2, 0.25) is 0 Å². The van der Waals surface area contributed by atoms with Crippen molar-refractivity contribution in [3.05, 3.63) is 71.9 Å². The average molecular weight is 544 g/mol. The predicted molar refractivity (Wildman–Crippen MR) is 150 cm³/mol. The van der Waals surface area contributed by atoms with Crippen molar-refractivity contribution >= 4 is 17.6 Å². The number of fused-ring (bicyclic) bond motifs is 1. The Kier molecular flexibility index (Phi) is 8.86. The molecule has 3 amide bonds. The second-order valence-corrected chi connectivity index (χ2v) is 9.93. The van der Waals surface area contributed by atoms with Crippen LogP contribution in [0, 0.1) is 17.2 Å². The number of aromatic nitrogens is 1. The molecule has 10 nitrogen and oxygen atoms in total. The van der Waals surface area contributed by atoms with E-state index >= 15 is 0 Å². The van der Waals surface area contributed by atoms with Crippen molar-refractivity contribution in [2.45, 2.75) is 26.0 Å². The van der Waals surface area contributed by atoms with Crippen LogP contribution in [-0.4, -0.2) is 77.8 Å². The maximum atomic E-state index is 13.7. The van der Waals surface area contributed by atoms with Gasteiger partial charge in [0.25, 0.3) is 5.91 Å². The third kappa shape index (κ3) is 6.33. The van der Waals surface area contributed by atoms with E-state index < -0.39 is 12.1 Å². The number of pyridine rings is 1. The molecular weight excluding hydrogens is 510 g/mol. The topological polar surface area (TPSA) is 128 Å². The van der Waals surface area contributed by atoms with E-state index in [0.717, 1.165) is 5.56 Å². The molecule has 0 radical (unpaired) electrons. The lowest BCUT2D eigenvalue weighted by Gasteiger charge is -2.37. The van der Waals surface area contributed by atoms with Gasteiger partial charge >= 0.3 is 6.03 Å². The molecule has 10 heteroatoms. The van der Waals surface area contributed by atoms with Gasteiger partial charge in [-0.3, -0.25) is 4.79 Å². The predicted octanol–water partition coefficient (Wildman–Crippen LogP) is 4.01. The van der Waals surface area contributed by atoms with Crippen molar-refractivity contribution in [1.82, 2.24) is 14.8 Å². The number of aliphatic hydroxyl groups is 1. The molecule has 0 fully saturated rings. The van der Waals surface area contributed by atoms with Crippen molar-refractivity contribution in [1.29, 1.82) is 5.26 Å². The van der Waals surface area contributed by atoms with Gasteiger partial charge in [-0.15, -0.1) is 0 Å². The summed E-state index contributed by atoms with van der Waals surface area (Å²) >= 11 is 0. The Morgan fingerprint density at radius 3 is 2.58 bits per heavy atom. The van der Waals surface area contributed by atoms with E-state index in [2.05, 4.69) is 16.4 Å². The SMILES string of the molecule is COc1ccc(NC(=O)N(C)C[C@H]2Oc3ncc(-c4ccc(C#N)cc4)cc3C(=O)N([C@H](C)CO)C[C@@H]2C)cc1. The van der Waals surface area contributed by atoms with Gasteiger partial charge in [-0.2, -0.15) is 5.26 Å². The number of anilines is 1. The number of benzene rings is 2. The Morgan fingerprint density at radius 2 is 1.95 bits per heavy atom. The Hall–Kier alpha value is -4.62. The van der Waals surface area contributed by atoms with Crippen molar-refractivity contribution < 1.29 is 24.2 Å². The highest BCUT2D eigenvalue weighted by Gasteiger charge is 2.34. The number of hydrogen-bond donors (Lipinski definition) is 2. The summed E-state index contributed by atoms with van der Waals surface area (Å²) in [6, 6.07) is 17.1. The van der Waals surface area contributed by atoms with Gasteiger partial charge in [0, 0.05) is 37.0 Å². The molecule has 2 N–H and O–H groups in total. The number of hydrogen-bond acceptors (Lipinski definition) is 7. The van der Waals surface area contributed by atoms with E-state index in [1.165, 1.54) is 4.90 Å². The molecule has 3 aromatic rings. The Bertz CT molecular complexity index is 1390. The number of nitriles is 1. The van der Waals surface area contributed by atoms with Gasteiger partial charge in [-0.1, -0.05) is 19.1 Å². The highest BCUT2D eigenvalue weighted by molar-refractivity contribution is 5.98. The molecule has 1 aliphatic heterocycles. The fraction of sp³-hybridized carbons (Fsp3) is 0.333. The van der Waals surface area contributed by atoms with Crippen LogP contribution in [0.25, 0.3) is 11.1 Å². The van der Waals surface area contributed by atoms with Crippen LogP contribution in [0.5, 0.6) is 11.6 Å². The maximum Gasteiger partial charge on any atom is 0.321 e. The average Bonchev–Trinajstić information content (AvgIpc) is 2.98. The Morgan fingerprint density at radius 1 is 1.25 bits per heavy atom. The van der Waals surface area contributed by atoms with Crippen LogP contribution < -0.4 is 14.8 Å². The second kappa shape index (κ2) is 12.5. The molecule has 2 aromatic carbocycles. The summed E-state index contributed by atoms with van der Waals surface area (Å²) in [5, 5.41) is 21.9. The third-order valence-electron chi connectivity index (χ3n) is 7.01. The molecular formula is C30H33N5O5. The molecule has 1 aromatic heterocycles. The minimum Gasteiger partial charge on any atom is -0.497 e. The number of nitrogens with zero attached hydrogens (tertiary/aromatic N) is 4. The Balaban J connectivity index is 1.60. The zero-order valence-electron chi connectivity index (χ0n) is 23.0. The van der Waals surface area contributed by atoms with Gasteiger partial charge in [0.15, 0.2) is 0 Å². The minimum absolute atomic E-state index is 0.165. The number of amides is 3. The number of aliphatic hydroxyl groups excluding tert-OH is 1. The standard InChI is InChI=1S/C30H33N5O5/c1-19-16-35(20(2)18-36)29(37)26-13-23(22-7-5-21(14-31)6-8-22)15-32-28(26)40-27(19)17-34(3)30(38)33-24-9-11-25(39-4)12-10-24/h5-13,15,19-20,27,36H,16-18H2,1-4H3,(H,33,38)/t19-,20+,27+/m0/s1. The van der Waals surface area contributed by atoms with Crippen molar-refractivity contribution in [2.75, 3.05) is 39.2 Å². The summed E-state index contributed by atoms with van der Waals surface area (Å²) < 4.78 is 11.5. The smallest absolute Gasteiger partial charge is 0.321 e. The normalized spacial score (nSPS) is 17.4. The van der Waals surface area contributed by atoms with Gasteiger partial charge < -0.3 is 29.7 Å². The minimum atomic E-state index is -0.486. The van der Waals surface area contributed by atoms with E-state index in [-0.39, 0.29) is 42.5 Å². The number of carbonyl (C=O) groups is 2. The molecule has 0 saturated heterocycles. The molecule has 4 rings (SSSR count). The van der Waals surface area contributed by atoms with Crippen LogP contribution in [0.4, 0.5) is 10.5 Å². The molecule has 208 valence electrons. The van der Waals surface area contributed by atoms with E-state index in [0.29, 0.717) is 29.1 Å². The quantitative estimate of drug-likeness (QED) is 0.461. The van der Waals surface area contributed by atoms with Crippen LogP contribution >= 0.6 is 0 Å². The first kappa shape index (κ1) is 28.4. The molecule has 3 atom stereocenters. The van der Waals surface area contributed by atoms with Crippen LogP contribution in [0.3, 0.4) is 0 Å². The lowest BCUT2D eigenvalue weighted by molar-refractivity contribution is 0.0356. The van der Waals surface area contributed by atoms with Crippen molar-refractivity contribution in [3.63, 3.8) is 0 Å². The first-order valence-corrected chi connectivity index (χ1v) is 13.0. The summed E-state index contributed by atoms with van der Waals surface area (Å²) in [4.78, 5) is 34.3. The molecule has 40 heavy (non-hydrogen) atoms. The zero-order valence-corrected chi connectivity index (χ0v) is 23.0. The molecule has 0 aliphatic carbocycles. The number of nitrogens with one attached hydrogen (secondary N) is 1. The number of likely N-dealkylation sites (N-methyl/N-ethyl adjacent to an activating group) is 1. The largest absolute Gasteiger partial charge is 0.497 e. The van der Waals surface area contributed by atoms with E-state index in [1.807, 2.05) is 6.92 Å². The Labute approximate surface area is 233 Å². The molecule has 0 spiro atoms. The summed E-state index contributed by atoms with van der Waals surface area (Å²) in [6.07, 6.45) is 1.14. The molecule has 0 saturated carbocycles. The molecule has 1 aliphatic rings. The molecule has 0 bridgehead atoms. The lowest BCUT2D eigenvalue weighted by atomic mass is 9.99. The first-order valence-electron chi connectivity index (χ1n) is 13.0. The maximum absolute atomic E-state index is 13.7. The van der Waals surface area contributed by atoms with Gasteiger partial charge in [-0.05, 0) is 55.0 Å². The van der Waals surface area contributed by atoms with E-state index in [4.69, 9.17) is 14.7 Å². The van der Waals surface area contributed by atoms with Crippen LogP contribution in [-0.2, 0) is 0 Å². The van der Waals surface area contributed by atoms with E-state index in [9.17, 15) is 14.7 Å². The lowest BCUT2D eigenvalue weighted by Crippen LogP contribution is -2.50. The number of carbonyl (C=O) groups excluding carboxylic acids is 2. The number of methoxy groups -OCH3 is 1. The second-order valence-electron chi connectivity index (χ2n) is 9.93. The summed E-state index contributed by atoms with van der Waals surface area (Å²) in [5.41, 5.74) is 2.91. The number of rotatable bonds is 7. The number of ether oxygens (including phenoxy) is 2. The van der Waals surface area contributed by atoms with Crippen molar-refractivity contribution in [2.24, 2.45) is 5.92 Å². The van der Waals surface area contributed by atoms with Crippen LogP contribution in [0.1, 0.15) is 29.8 Å². The first-order chi connectivity index (χ1) is 19.2. The molecule has 0 unspecified atom stereocenters. The third-order valence-corrected chi connectivity index (χ3v) is 7.01. The van der Waals surface area contributed by atoms with Crippen molar-refractivity contribution in [3.8, 4) is 28.8 Å². The summed E-state index contributed by atoms with van der Waals surface area (Å²) in [7, 11) is 3.25. The van der Waals surface area contributed by atoms with Crippen LogP contribution in [0.15, 0.2) is 60.8 Å². The van der Waals surface area contributed by atoms with Gasteiger partial charge in [0.05, 0.1) is 37.9 Å². The fourth-order valence-corrected chi connectivity index (χ4v) is 4.46. The van der Waals surface area contributed by atoms with E-state index in [1.54, 1.807) is 86.8 Å². The molecule has 2 heterocycles. The highest BCUT2D eigenvalue weighted by atomic mass is 16.5. The van der Waals surface area contributed by atoms with Gasteiger partial charge in [-0.25, -0.2) is 9.78 Å². The van der Waals surface area contributed by atoms with Gasteiger partial charge in [0.2, 0.25) is 5.88 Å².